The normalized spacial score (nSPS) is 22.2. The van der Waals surface area contributed by atoms with Crippen molar-refractivity contribution in [2.75, 3.05) is 31.1 Å². The maximum atomic E-state index is 12.2. The first kappa shape index (κ1) is 14.9. The summed E-state index contributed by atoms with van der Waals surface area (Å²) in [4.78, 5) is 28.9. The average Bonchev–Trinajstić information content (AvgIpc) is 2.55. The second-order valence-electron chi connectivity index (χ2n) is 6.15. The molecule has 0 amide bonds. The first-order chi connectivity index (χ1) is 10.5. The molecule has 118 valence electrons. The van der Waals surface area contributed by atoms with Gasteiger partial charge in [0, 0.05) is 39.8 Å². The van der Waals surface area contributed by atoms with Crippen molar-refractivity contribution in [3.8, 4) is 6.07 Å². The molecule has 0 saturated carbocycles. The molecule has 0 spiro atoms. The molecule has 7 nitrogen and oxygen atoms in total. The predicted molar refractivity (Wildman–Crippen MR) is 83.1 cm³/mol. The molecule has 0 N–H and O–H groups in total. The molecule has 0 bridgehead atoms. The molecule has 0 aliphatic carbocycles. The quantitative estimate of drug-likeness (QED) is 0.708. The molecule has 1 unspecified atom stereocenters. The lowest BCUT2D eigenvalue weighted by Gasteiger charge is -2.45. The fourth-order valence-corrected chi connectivity index (χ4v) is 3.65. The molecule has 2 fully saturated rings. The van der Waals surface area contributed by atoms with E-state index < -0.39 is 5.56 Å². The third kappa shape index (κ3) is 2.24. The van der Waals surface area contributed by atoms with Crippen LogP contribution in [0.2, 0.25) is 0 Å². The maximum absolute atomic E-state index is 12.2. The van der Waals surface area contributed by atoms with Gasteiger partial charge in [0.15, 0.2) is 5.56 Å². The molecular weight excluding hydrogens is 282 g/mol. The SMILES string of the molecule is Cn1c(N2CCN3CCCCC3C2)c(C#N)c(=O)n(C)c1=O. The van der Waals surface area contributed by atoms with Crippen LogP contribution < -0.4 is 16.1 Å². The Labute approximate surface area is 129 Å². The van der Waals surface area contributed by atoms with Crippen LogP contribution in [-0.2, 0) is 14.1 Å². The summed E-state index contributed by atoms with van der Waals surface area (Å²) in [5.74, 6) is 0.473. The summed E-state index contributed by atoms with van der Waals surface area (Å²) >= 11 is 0. The summed E-state index contributed by atoms with van der Waals surface area (Å²) in [6.45, 7) is 3.55. The van der Waals surface area contributed by atoms with Crippen LogP contribution in [0.4, 0.5) is 5.82 Å². The van der Waals surface area contributed by atoms with Gasteiger partial charge in [0.05, 0.1) is 0 Å². The van der Waals surface area contributed by atoms with E-state index >= 15 is 0 Å². The number of nitriles is 1. The van der Waals surface area contributed by atoms with Crippen LogP contribution >= 0.6 is 0 Å². The Kier molecular flexibility index (Phi) is 3.79. The minimum Gasteiger partial charge on any atom is -0.354 e. The summed E-state index contributed by atoms with van der Waals surface area (Å²) in [7, 11) is 3.04. The van der Waals surface area contributed by atoms with Crippen LogP contribution in [0.3, 0.4) is 0 Å². The molecule has 3 heterocycles. The van der Waals surface area contributed by atoms with Crippen molar-refractivity contribution in [2.24, 2.45) is 14.1 Å². The molecule has 7 heteroatoms. The van der Waals surface area contributed by atoms with Crippen LogP contribution in [0.1, 0.15) is 24.8 Å². The maximum Gasteiger partial charge on any atom is 0.332 e. The van der Waals surface area contributed by atoms with E-state index in [0.717, 1.165) is 37.2 Å². The van der Waals surface area contributed by atoms with Gasteiger partial charge in [0.25, 0.3) is 5.56 Å². The number of fused-ring (bicyclic) bond motifs is 1. The van der Waals surface area contributed by atoms with Crippen molar-refractivity contribution in [1.29, 1.82) is 5.26 Å². The van der Waals surface area contributed by atoms with E-state index in [-0.39, 0.29) is 11.3 Å². The van der Waals surface area contributed by atoms with Crippen molar-refractivity contribution >= 4 is 5.82 Å². The number of aromatic nitrogens is 2. The van der Waals surface area contributed by atoms with Crippen LogP contribution in [0.15, 0.2) is 9.59 Å². The average molecular weight is 303 g/mol. The number of nitrogens with zero attached hydrogens (tertiary/aromatic N) is 5. The highest BCUT2D eigenvalue weighted by Crippen LogP contribution is 2.25. The summed E-state index contributed by atoms with van der Waals surface area (Å²) in [6, 6.07) is 2.45. The third-order valence-corrected chi connectivity index (χ3v) is 4.88. The molecule has 1 aromatic rings. The number of anilines is 1. The van der Waals surface area contributed by atoms with E-state index in [9.17, 15) is 14.9 Å². The summed E-state index contributed by atoms with van der Waals surface area (Å²) in [6.07, 6.45) is 3.59. The second-order valence-corrected chi connectivity index (χ2v) is 6.15. The first-order valence-corrected chi connectivity index (χ1v) is 7.73. The summed E-state index contributed by atoms with van der Waals surface area (Å²) in [5.41, 5.74) is -0.828. The van der Waals surface area contributed by atoms with E-state index in [0.29, 0.717) is 11.9 Å². The van der Waals surface area contributed by atoms with Crippen molar-refractivity contribution in [3.63, 3.8) is 0 Å². The van der Waals surface area contributed by atoms with Crippen molar-refractivity contribution < 1.29 is 0 Å². The largest absolute Gasteiger partial charge is 0.354 e. The lowest BCUT2D eigenvalue weighted by atomic mass is 9.99. The number of rotatable bonds is 1. The highest BCUT2D eigenvalue weighted by molar-refractivity contribution is 5.54. The van der Waals surface area contributed by atoms with Gasteiger partial charge in [-0.05, 0) is 19.4 Å². The Morgan fingerprint density at radius 1 is 1.09 bits per heavy atom. The minimum atomic E-state index is -0.508. The van der Waals surface area contributed by atoms with Gasteiger partial charge in [0.1, 0.15) is 11.9 Å². The molecule has 2 aliphatic rings. The topological polar surface area (TPSA) is 74.3 Å². The Hall–Kier alpha value is -2.07. The minimum absolute atomic E-state index is 0.0638. The predicted octanol–water partition coefficient (Wildman–Crippen LogP) is -0.370. The van der Waals surface area contributed by atoms with Gasteiger partial charge >= 0.3 is 5.69 Å². The molecule has 1 aromatic heterocycles. The molecule has 2 aliphatic heterocycles. The van der Waals surface area contributed by atoms with Crippen LogP contribution in [0, 0.1) is 11.3 Å². The zero-order chi connectivity index (χ0) is 15.9. The molecule has 2 saturated heterocycles. The van der Waals surface area contributed by atoms with Gasteiger partial charge in [-0.3, -0.25) is 18.8 Å². The smallest absolute Gasteiger partial charge is 0.332 e. The van der Waals surface area contributed by atoms with Gasteiger partial charge in [0.2, 0.25) is 0 Å². The number of hydrogen-bond donors (Lipinski definition) is 0. The van der Waals surface area contributed by atoms with E-state index in [4.69, 9.17) is 0 Å². The van der Waals surface area contributed by atoms with E-state index in [1.165, 1.54) is 24.5 Å². The fourth-order valence-electron chi connectivity index (χ4n) is 3.65. The molecule has 3 rings (SSSR count). The summed E-state index contributed by atoms with van der Waals surface area (Å²) in [5, 5.41) is 9.39. The van der Waals surface area contributed by atoms with E-state index in [2.05, 4.69) is 4.90 Å². The third-order valence-electron chi connectivity index (χ3n) is 4.88. The second kappa shape index (κ2) is 5.61. The number of hydrogen-bond acceptors (Lipinski definition) is 5. The van der Waals surface area contributed by atoms with Crippen LogP contribution in [0.25, 0.3) is 0 Å². The molecule has 1 atom stereocenters. The van der Waals surface area contributed by atoms with E-state index in [1.54, 1.807) is 7.05 Å². The van der Waals surface area contributed by atoms with Crippen LogP contribution in [-0.4, -0.2) is 46.3 Å². The van der Waals surface area contributed by atoms with Gasteiger partial charge in [-0.15, -0.1) is 0 Å². The lowest BCUT2D eigenvalue weighted by Crippen LogP contribution is -2.56. The van der Waals surface area contributed by atoms with Crippen molar-refractivity contribution in [3.05, 3.63) is 26.4 Å². The van der Waals surface area contributed by atoms with Gasteiger partial charge in [-0.1, -0.05) is 6.42 Å². The lowest BCUT2D eigenvalue weighted by molar-refractivity contribution is 0.132. The zero-order valence-electron chi connectivity index (χ0n) is 13.1. The van der Waals surface area contributed by atoms with E-state index in [1.807, 2.05) is 11.0 Å². The first-order valence-electron chi connectivity index (χ1n) is 7.73. The summed E-state index contributed by atoms with van der Waals surface area (Å²) < 4.78 is 2.43. The Morgan fingerprint density at radius 2 is 1.86 bits per heavy atom. The van der Waals surface area contributed by atoms with Gasteiger partial charge in [-0.2, -0.15) is 5.26 Å². The Balaban J connectivity index is 2.04. The van der Waals surface area contributed by atoms with Crippen molar-refractivity contribution in [1.82, 2.24) is 14.0 Å². The monoisotopic (exact) mass is 303 g/mol. The van der Waals surface area contributed by atoms with Gasteiger partial charge in [-0.25, -0.2) is 4.79 Å². The molecule has 0 aromatic carbocycles. The fraction of sp³-hybridized carbons (Fsp3) is 0.667. The van der Waals surface area contributed by atoms with Crippen molar-refractivity contribution in [2.45, 2.75) is 25.3 Å². The Bertz CT molecular complexity index is 742. The number of piperidine rings is 1. The van der Waals surface area contributed by atoms with Gasteiger partial charge < -0.3 is 4.90 Å². The zero-order valence-corrected chi connectivity index (χ0v) is 13.1. The molecular formula is C15H21N5O2. The number of piperazine rings is 1. The standard InChI is InChI=1S/C15H21N5O2/c1-17-13(12(9-16)14(21)18(2)15(17)22)20-8-7-19-6-4-3-5-11(19)10-20/h11H,3-8,10H2,1-2H3. The highest BCUT2D eigenvalue weighted by Gasteiger charge is 2.31. The van der Waals surface area contributed by atoms with Crippen LogP contribution in [0.5, 0.6) is 0 Å². The highest BCUT2D eigenvalue weighted by atomic mass is 16.2. The molecule has 0 radical (unpaired) electrons. The Morgan fingerprint density at radius 3 is 2.59 bits per heavy atom. The molecule has 22 heavy (non-hydrogen) atoms.